The number of imidazole rings is 1. The Kier molecular flexibility index (Phi) is 5.25. The molecule has 6 nitrogen and oxygen atoms in total. The van der Waals surface area contributed by atoms with E-state index < -0.39 is 11.9 Å². The van der Waals surface area contributed by atoms with Crippen molar-refractivity contribution in [3.8, 4) is 0 Å². The number of hydrogen-bond acceptors (Lipinski definition) is 3. The molecule has 0 radical (unpaired) electrons. The molecule has 2 heterocycles. The fraction of sp³-hybridized carbons (Fsp3) is 0. The standard InChI is InChI=1S/C15H12N2.C2H2O4/c1-2-6-13(7-3-1)9-10-15-16-12-14-8-4-5-11-17(14)15;3-1(4)2(5)6/h1-12H;(H,3,4)(H,5,6)/b10-9+;. The highest BCUT2D eigenvalue weighted by Gasteiger charge is 2.04. The van der Waals surface area contributed by atoms with Crippen molar-refractivity contribution < 1.29 is 19.8 Å². The van der Waals surface area contributed by atoms with Crippen LogP contribution in [-0.4, -0.2) is 31.5 Å². The zero-order chi connectivity index (χ0) is 16.7. The maximum atomic E-state index is 9.10. The van der Waals surface area contributed by atoms with Crippen LogP contribution in [0.5, 0.6) is 0 Å². The molecule has 3 rings (SSSR count). The second-order valence-corrected chi connectivity index (χ2v) is 4.47. The van der Waals surface area contributed by atoms with Crippen LogP contribution in [0.1, 0.15) is 11.4 Å². The van der Waals surface area contributed by atoms with Crippen molar-refractivity contribution in [2.75, 3.05) is 0 Å². The minimum absolute atomic E-state index is 0.949. The van der Waals surface area contributed by atoms with E-state index in [0.717, 1.165) is 11.3 Å². The van der Waals surface area contributed by atoms with Gasteiger partial charge in [-0.3, -0.25) is 0 Å². The van der Waals surface area contributed by atoms with E-state index in [1.807, 2.05) is 54.9 Å². The topological polar surface area (TPSA) is 91.9 Å². The quantitative estimate of drug-likeness (QED) is 0.710. The van der Waals surface area contributed by atoms with Crippen LogP contribution in [0.3, 0.4) is 0 Å². The summed E-state index contributed by atoms with van der Waals surface area (Å²) in [6, 6.07) is 16.3. The number of benzene rings is 1. The van der Waals surface area contributed by atoms with Gasteiger partial charge >= 0.3 is 11.9 Å². The zero-order valence-corrected chi connectivity index (χ0v) is 12.0. The van der Waals surface area contributed by atoms with Crippen molar-refractivity contribution in [1.82, 2.24) is 9.38 Å². The molecule has 6 heteroatoms. The number of hydrogen-bond donors (Lipinski definition) is 2. The molecule has 0 fully saturated rings. The van der Waals surface area contributed by atoms with Crippen LogP contribution in [0.15, 0.2) is 60.9 Å². The zero-order valence-electron chi connectivity index (χ0n) is 12.0. The normalized spacial score (nSPS) is 10.3. The van der Waals surface area contributed by atoms with Crippen molar-refractivity contribution in [2.45, 2.75) is 0 Å². The highest BCUT2D eigenvalue weighted by atomic mass is 16.4. The van der Waals surface area contributed by atoms with E-state index in [-0.39, 0.29) is 0 Å². The minimum Gasteiger partial charge on any atom is -0.473 e. The third kappa shape index (κ3) is 4.53. The first kappa shape index (κ1) is 16.0. The Morgan fingerprint density at radius 3 is 2.22 bits per heavy atom. The molecular weight excluding hydrogens is 296 g/mol. The largest absolute Gasteiger partial charge is 0.473 e. The second kappa shape index (κ2) is 7.56. The summed E-state index contributed by atoms with van der Waals surface area (Å²) in [5, 5.41) is 14.8. The molecule has 0 amide bonds. The van der Waals surface area contributed by atoms with Gasteiger partial charge in [0.05, 0.1) is 11.7 Å². The molecule has 23 heavy (non-hydrogen) atoms. The Labute approximate surface area is 132 Å². The summed E-state index contributed by atoms with van der Waals surface area (Å²) in [6.45, 7) is 0. The van der Waals surface area contributed by atoms with Gasteiger partial charge in [0.15, 0.2) is 0 Å². The van der Waals surface area contributed by atoms with Gasteiger partial charge in [-0.25, -0.2) is 14.6 Å². The van der Waals surface area contributed by atoms with Gasteiger partial charge in [0.25, 0.3) is 0 Å². The van der Waals surface area contributed by atoms with Gasteiger partial charge in [-0.2, -0.15) is 0 Å². The van der Waals surface area contributed by atoms with E-state index in [1.54, 1.807) is 0 Å². The van der Waals surface area contributed by atoms with E-state index >= 15 is 0 Å². The Balaban J connectivity index is 0.000000277. The van der Waals surface area contributed by atoms with Crippen LogP contribution in [0.25, 0.3) is 17.7 Å². The lowest BCUT2D eigenvalue weighted by molar-refractivity contribution is -0.159. The van der Waals surface area contributed by atoms with Gasteiger partial charge in [0.2, 0.25) is 0 Å². The maximum Gasteiger partial charge on any atom is 0.414 e. The predicted octanol–water partition coefficient (Wildman–Crippen LogP) is 2.66. The smallest absolute Gasteiger partial charge is 0.414 e. The summed E-state index contributed by atoms with van der Waals surface area (Å²) >= 11 is 0. The molecule has 1 aromatic carbocycles. The third-order valence-electron chi connectivity index (χ3n) is 2.87. The van der Waals surface area contributed by atoms with Crippen LogP contribution in [0.4, 0.5) is 0 Å². The van der Waals surface area contributed by atoms with Crippen LogP contribution in [0, 0.1) is 0 Å². The highest BCUT2D eigenvalue weighted by molar-refractivity contribution is 6.27. The number of rotatable bonds is 2. The number of nitrogens with zero attached hydrogens (tertiary/aromatic N) is 2. The molecule has 0 saturated carbocycles. The average Bonchev–Trinajstić information content (AvgIpc) is 2.98. The number of carbonyl (C=O) groups is 2. The first-order valence-corrected chi connectivity index (χ1v) is 6.69. The van der Waals surface area contributed by atoms with Crippen LogP contribution >= 0.6 is 0 Å². The lowest BCUT2D eigenvalue weighted by Gasteiger charge is -1.95. The SMILES string of the molecule is C(=C\c1ncc2ccccn12)/c1ccccc1.O=C(O)C(=O)O. The summed E-state index contributed by atoms with van der Waals surface area (Å²) < 4.78 is 2.07. The van der Waals surface area contributed by atoms with Crippen LogP contribution in [-0.2, 0) is 9.59 Å². The lowest BCUT2D eigenvalue weighted by atomic mass is 10.2. The van der Waals surface area contributed by atoms with E-state index in [9.17, 15) is 0 Å². The molecule has 0 unspecified atom stereocenters. The minimum atomic E-state index is -1.82. The third-order valence-corrected chi connectivity index (χ3v) is 2.87. The Bertz CT molecular complexity index is 826. The van der Waals surface area contributed by atoms with Gasteiger partial charge in [-0.15, -0.1) is 0 Å². The molecule has 0 spiro atoms. The second-order valence-electron chi connectivity index (χ2n) is 4.47. The fourth-order valence-corrected chi connectivity index (χ4v) is 1.82. The maximum absolute atomic E-state index is 9.10. The number of pyridine rings is 1. The van der Waals surface area contributed by atoms with Gasteiger partial charge in [-0.05, 0) is 23.8 Å². The Hall–Kier alpha value is -3.41. The molecule has 0 aliphatic rings. The number of carboxylic acids is 2. The van der Waals surface area contributed by atoms with Gasteiger partial charge in [0.1, 0.15) is 5.82 Å². The van der Waals surface area contributed by atoms with Crippen molar-refractivity contribution in [3.63, 3.8) is 0 Å². The fourth-order valence-electron chi connectivity index (χ4n) is 1.82. The molecule has 2 aromatic heterocycles. The van der Waals surface area contributed by atoms with Crippen LogP contribution < -0.4 is 0 Å². The van der Waals surface area contributed by atoms with Gasteiger partial charge < -0.3 is 14.6 Å². The van der Waals surface area contributed by atoms with Crippen LogP contribution in [0.2, 0.25) is 0 Å². The molecule has 3 aromatic rings. The number of aromatic nitrogens is 2. The summed E-state index contributed by atoms with van der Waals surface area (Å²) in [4.78, 5) is 22.6. The van der Waals surface area contributed by atoms with E-state index in [2.05, 4.69) is 27.6 Å². The lowest BCUT2D eigenvalue weighted by Crippen LogP contribution is -2.09. The summed E-state index contributed by atoms with van der Waals surface area (Å²) in [6.07, 6.45) is 8.00. The summed E-state index contributed by atoms with van der Waals surface area (Å²) in [5.41, 5.74) is 2.29. The van der Waals surface area contributed by atoms with Crippen molar-refractivity contribution in [2.24, 2.45) is 0 Å². The van der Waals surface area contributed by atoms with Gasteiger partial charge in [0, 0.05) is 6.20 Å². The monoisotopic (exact) mass is 310 g/mol. The molecule has 0 aliphatic heterocycles. The Morgan fingerprint density at radius 2 is 1.57 bits per heavy atom. The summed E-state index contributed by atoms with van der Waals surface area (Å²) in [7, 11) is 0. The first-order valence-electron chi connectivity index (χ1n) is 6.69. The number of carboxylic acid groups (broad SMARTS) is 2. The summed E-state index contributed by atoms with van der Waals surface area (Å²) in [5.74, 6) is -2.70. The molecular formula is C17H14N2O4. The highest BCUT2D eigenvalue weighted by Crippen LogP contribution is 2.10. The number of fused-ring (bicyclic) bond motifs is 1. The van der Waals surface area contributed by atoms with E-state index in [0.29, 0.717) is 0 Å². The van der Waals surface area contributed by atoms with E-state index in [1.165, 1.54) is 5.56 Å². The van der Waals surface area contributed by atoms with Crippen molar-refractivity contribution in [3.05, 3.63) is 72.3 Å². The molecule has 0 saturated heterocycles. The van der Waals surface area contributed by atoms with Crippen molar-refractivity contribution >= 4 is 29.6 Å². The Morgan fingerprint density at radius 1 is 0.913 bits per heavy atom. The molecule has 0 atom stereocenters. The van der Waals surface area contributed by atoms with E-state index in [4.69, 9.17) is 19.8 Å². The molecule has 2 N–H and O–H groups in total. The average molecular weight is 310 g/mol. The van der Waals surface area contributed by atoms with Gasteiger partial charge in [-0.1, -0.05) is 42.5 Å². The molecule has 0 aliphatic carbocycles. The number of aliphatic carboxylic acids is 2. The van der Waals surface area contributed by atoms with Crippen molar-refractivity contribution in [1.29, 1.82) is 0 Å². The molecule has 0 bridgehead atoms. The predicted molar refractivity (Wildman–Crippen MR) is 85.8 cm³/mol. The first-order chi connectivity index (χ1) is 11.1. The molecule has 116 valence electrons.